The quantitative estimate of drug-likeness (QED) is 0.671. The maximum Gasteiger partial charge on any atom is 0.319 e. The molecule has 0 radical (unpaired) electrons. The van der Waals surface area contributed by atoms with E-state index in [1.807, 2.05) is 36.2 Å². The van der Waals surface area contributed by atoms with E-state index < -0.39 is 6.55 Å². The molecule has 0 saturated carbocycles. The molecule has 0 saturated heterocycles. The summed E-state index contributed by atoms with van der Waals surface area (Å²) in [5.74, 6) is 0.838. The zero-order chi connectivity index (χ0) is 16.8. The van der Waals surface area contributed by atoms with Crippen LogP contribution >= 0.6 is 11.6 Å². The molecule has 0 aliphatic heterocycles. The van der Waals surface area contributed by atoms with Crippen molar-refractivity contribution < 1.29 is 8.78 Å². The molecule has 0 fully saturated rings. The SMILES string of the molecule is CN=C(NCc1nccn1C(F)F)N(C)Cc1ccc(Cl)cc1. The van der Waals surface area contributed by atoms with Gasteiger partial charge in [-0.2, -0.15) is 8.78 Å². The average Bonchev–Trinajstić information content (AvgIpc) is 2.99. The van der Waals surface area contributed by atoms with E-state index in [0.717, 1.165) is 10.1 Å². The molecule has 0 bridgehead atoms. The van der Waals surface area contributed by atoms with Gasteiger partial charge in [0, 0.05) is 38.1 Å². The molecule has 2 rings (SSSR count). The van der Waals surface area contributed by atoms with E-state index in [9.17, 15) is 8.78 Å². The summed E-state index contributed by atoms with van der Waals surface area (Å²) in [7, 11) is 3.50. The highest BCUT2D eigenvalue weighted by atomic mass is 35.5. The first-order valence-corrected chi connectivity index (χ1v) is 7.35. The Kier molecular flexibility index (Phi) is 5.92. The van der Waals surface area contributed by atoms with Crippen LogP contribution in [-0.2, 0) is 13.1 Å². The van der Waals surface area contributed by atoms with Gasteiger partial charge in [-0.05, 0) is 17.7 Å². The standard InChI is InChI=1S/C15H18ClF2N5/c1-19-15(21-9-13-20-7-8-23(13)14(17)18)22(2)10-11-3-5-12(16)6-4-11/h3-8,14H,9-10H2,1-2H3,(H,19,21). The van der Waals surface area contributed by atoms with E-state index in [0.29, 0.717) is 17.5 Å². The van der Waals surface area contributed by atoms with Crippen LogP contribution in [0.2, 0.25) is 5.02 Å². The van der Waals surface area contributed by atoms with Gasteiger partial charge in [0.25, 0.3) is 0 Å². The Hall–Kier alpha value is -2.15. The number of guanidine groups is 1. The van der Waals surface area contributed by atoms with Gasteiger partial charge in [-0.25, -0.2) is 4.98 Å². The van der Waals surface area contributed by atoms with Crippen LogP contribution in [0.25, 0.3) is 0 Å². The van der Waals surface area contributed by atoms with E-state index >= 15 is 0 Å². The second kappa shape index (κ2) is 7.92. The normalized spacial score (nSPS) is 11.8. The predicted octanol–water partition coefficient (Wildman–Crippen LogP) is 3.14. The van der Waals surface area contributed by atoms with E-state index in [-0.39, 0.29) is 12.4 Å². The topological polar surface area (TPSA) is 45.5 Å². The second-order valence-corrected chi connectivity index (χ2v) is 5.35. The molecule has 0 atom stereocenters. The minimum atomic E-state index is -2.61. The van der Waals surface area contributed by atoms with Crippen molar-refractivity contribution in [3.05, 3.63) is 53.1 Å². The molecular formula is C15H18ClF2N5. The number of imidazole rings is 1. The van der Waals surface area contributed by atoms with Gasteiger partial charge in [0.1, 0.15) is 5.82 Å². The highest BCUT2D eigenvalue weighted by Crippen LogP contribution is 2.13. The maximum absolute atomic E-state index is 12.8. The lowest BCUT2D eigenvalue weighted by molar-refractivity contribution is 0.0668. The van der Waals surface area contributed by atoms with Crippen molar-refractivity contribution in [1.82, 2.24) is 19.8 Å². The van der Waals surface area contributed by atoms with Gasteiger partial charge >= 0.3 is 6.55 Å². The molecule has 0 aliphatic carbocycles. The number of nitrogens with one attached hydrogen (secondary N) is 1. The summed E-state index contributed by atoms with van der Waals surface area (Å²) < 4.78 is 26.4. The summed E-state index contributed by atoms with van der Waals surface area (Å²) in [6, 6.07) is 7.49. The number of hydrogen-bond donors (Lipinski definition) is 1. The minimum Gasteiger partial charge on any atom is -0.349 e. The molecule has 23 heavy (non-hydrogen) atoms. The first-order valence-electron chi connectivity index (χ1n) is 6.97. The molecule has 5 nitrogen and oxygen atoms in total. The van der Waals surface area contributed by atoms with Crippen LogP contribution in [0.4, 0.5) is 8.78 Å². The molecule has 0 amide bonds. The van der Waals surface area contributed by atoms with Gasteiger partial charge < -0.3 is 10.2 Å². The van der Waals surface area contributed by atoms with E-state index in [1.165, 1.54) is 12.4 Å². The molecule has 1 aromatic carbocycles. The van der Waals surface area contributed by atoms with Gasteiger partial charge in [-0.3, -0.25) is 9.56 Å². The smallest absolute Gasteiger partial charge is 0.319 e. The molecule has 1 aromatic heterocycles. The minimum absolute atomic E-state index is 0.162. The van der Waals surface area contributed by atoms with Gasteiger partial charge in [-0.15, -0.1) is 0 Å². The van der Waals surface area contributed by atoms with E-state index in [2.05, 4.69) is 15.3 Å². The van der Waals surface area contributed by atoms with Gasteiger partial charge in [0.15, 0.2) is 5.96 Å². The third-order valence-electron chi connectivity index (χ3n) is 3.27. The van der Waals surface area contributed by atoms with Gasteiger partial charge in [0.05, 0.1) is 6.54 Å². The summed E-state index contributed by atoms with van der Waals surface area (Å²) in [5.41, 5.74) is 1.06. The molecule has 1 N–H and O–H groups in total. The largest absolute Gasteiger partial charge is 0.349 e. The number of aromatic nitrogens is 2. The number of hydrogen-bond acceptors (Lipinski definition) is 2. The van der Waals surface area contributed by atoms with Gasteiger partial charge in [-0.1, -0.05) is 23.7 Å². The molecule has 8 heteroatoms. The summed E-state index contributed by atoms with van der Waals surface area (Å²) in [4.78, 5) is 9.97. The molecule has 2 aromatic rings. The highest BCUT2D eigenvalue weighted by Gasteiger charge is 2.13. The lowest BCUT2D eigenvalue weighted by Gasteiger charge is -2.22. The third-order valence-corrected chi connectivity index (χ3v) is 3.52. The van der Waals surface area contributed by atoms with Crippen LogP contribution in [-0.4, -0.2) is 34.5 Å². The zero-order valence-corrected chi connectivity index (χ0v) is 13.6. The van der Waals surface area contributed by atoms with Crippen LogP contribution < -0.4 is 5.32 Å². The molecule has 124 valence electrons. The van der Waals surface area contributed by atoms with Crippen LogP contribution in [0.1, 0.15) is 17.9 Å². The van der Waals surface area contributed by atoms with Crippen molar-refractivity contribution in [2.45, 2.75) is 19.6 Å². The monoisotopic (exact) mass is 341 g/mol. The average molecular weight is 342 g/mol. The first kappa shape index (κ1) is 17.2. The van der Waals surface area contributed by atoms with Crippen LogP contribution in [0, 0.1) is 0 Å². The summed E-state index contributed by atoms with van der Waals surface area (Å²) in [5, 5.41) is 3.71. The Morgan fingerprint density at radius 3 is 2.70 bits per heavy atom. The van der Waals surface area contributed by atoms with Crippen molar-refractivity contribution in [3.63, 3.8) is 0 Å². The van der Waals surface area contributed by atoms with Crippen LogP contribution in [0.15, 0.2) is 41.7 Å². The molecule has 0 spiro atoms. The van der Waals surface area contributed by atoms with E-state index in [4.69, 9.17) is 11.6 Å². The highest BCUT2D eigenvalue weighted by molar-refractivity contribution is 6.30. The Bertz CT molecular complexity index is 654. The van der Waals surface area contributed by atoms with E-state index in [1.54, 1.807) is 7.05 Å². The molecule has 0 unspecified atom stereocenters. The van der Waals surface area contributed by atoms with Crippen molar-refractivity contribution in [2.24, 2.45) is 4.99 Å². The summed E-state index contributed by atoms with van der Waals surface area (Å²) in [6.45, 7) is -1.84. The Balaban J connectivity index is 1.96. The number of alkyl halides is 2. The fraction of sp³-hybridized carbons (Fsp3) is 0.333. The maximum atomic E-state index is 12.8. The molecule has 1 heterocycles. The number of benzene rings is 1. The fourth-order valence-corrected chi connectivity index (χ4v) is 2.27. The van der Waals surface area contributed by atoms with Crippen molar-refractivity contribution >= 4 is 17.6 Å². The first-order chi connectivity index (χ1) is 11.0. The Morgan fingerprint density at radius 1 is 1.39 bits per heavy atom. The van der Waals surface area contributed by atoms with Crippen molar-refractivity contribution in [3.8, 4) is 0 Å². The summed E-state index contributed by atoms with van der Waals surface area (Å²) >= 11 is 5.86. The van der Waals surface area contributed by atoms with Crippen LogP contribution in [0.5, 0.6) is 0 Å². The number of halogens is 3. The Morgan fingerprint density at radius 2 is 2.09 bits per heavy atom. The molecule has 0 aliphatic rings. The second-order valence-electron chi connectivity index (χ2n) is 4.91. The van der Waals surface area contributed by atoms with Crippen LogP contribution in [0.3, 0.4) is 0 Å². The lowest BCUT2D eigenvalue weighted by Crippen LogP contribution is -2.38. The van der Waals surface area contributed by atoms with Crippen molar-refractivity contribution in [2.75, 3.05) is 14.1 Å². The summed E-state index contributed by atoms with van der Waals surface area (Å²) in [6.07, 6.45) is 2.60. The zero-order valence-electron chi connectivity index (χ0n) is 12.9. The predicted molar refractivity (Wildman–Crippen MR) is 86.6 cm³/mol. The van der Waals surface area contributed by atoms with Crippen molar-refractivity contribution in [1.29, 1.82) is 0 Å². The molecular weight excluding hydrogens is 324 g/mol. The fourth-order valence-electron chi connectivity index (χ4n) is 2.14. The lowest BCUT2D eigenvalue weighted by atomic mass is 10.2. The number of nitrogens with zero attached hydrogens (tertiary/aromatic N) is 4. The van der Waals surface area contributed by atoms with Gasteiger partial charge in [0.2, 0.25) is 0 Å². The number of aliphatic imine (C=N–C) groups is 1. The third kappa shape index (κ3) is 4.66. The number of rotatable bonds is 5. The Labute approximate surface area is 138 Å².